The zero-order valence-corrected chi connectivity index (χ0v) is 17.6. The summed E-state index contributed by atoms with van der Waals surface area (Å²) in [6, 6.07) is 15.5. The SMILES string of the molecule is O=c1cc(CSc2nnc(-c3ccccc3Cl)n2NCc2ccccc2O)occ1O. The number of aromatic hydroxyl groups is 2. The van der Waals surface area contributed by atoms with Gasteiger partial charge in [0.25, 0.3) is 0 Å². The molecule has 2 heterocycles. The monoisotopic (exact) mass is 456 g/mol. The zero-order valence-electron chi connectivity index (χ0n) is 16.0. The molecule has 0 atom stereocenters. The topological polar surface area (TPSA) is 113 Å². The predicted molar refractivity (Wildman–Crippen MR) is 118 cm³/mol. The van der Waals surface area contributed by atoms with Gasteiger partial charge < -0.3 is 20.1 Å². The summed E-state index contributed by atoms with van der Waals surface area (Å²) < 4.78 is 6.93. The smallest absolute Gasteiger partial charge is 0.226 e. The minimum atomic E-state index is -0.516. The maximum absolute atomic E-state index is 11.6. The highest BCUT2D eigenvalue weighted by atomic mass is 35.5. The van der Waals surface area contributed by atoms with Crippen molar-refractivity contribution >= 4 is 23.4 Å². The molecule has 2 aromatic carbocycles. The Labute approximate surface area is 186 Å². The van der Waals surface area contributed by atoms with E-state index >= 15 is 0 Å². The molecule has 0 amide bonds. The number of rotatable bonds is 7. The second-order valence-corrected chi connectivity index (χ2v) is 7.82. The quantitative estimate of drug-likeness (QED) is 0.357. The lowest BCUT2D eigenvalue weighted by molar-refractivity contribution is 0.419. The molecule has 0 unspecified atom stereocenters. The third-order valence-electron chi connectivity index (χ3n) is 4.38. The molecule has 0 spiro atoms. The van der Waals surface area contributed by atoms with Crippen LogP contribution in [-0.4, -0.2) is 25.1 Å². The van der Waals surface area contributed by atoms with E-state index in [9.17, 15) is 15.0 Å². The van der Waals surface area contributed by atoms with Crippen molar-refractivity contribution in [1.29, 1.82) is 0 Å². The van der Waals surface area contributed by atoms with Crippen LogP contribution in [0.3, 0.4) is 0 Å². The first kappa shape index (κ1) is 20.8. The van der Waals surface area contributed by atoms with Crippen molar-refractivity contribution < 1.29 is 14.6 Å². The van der Waals surface area contributed by atoms with E-state index in [1.165, 1.54) is 17.8 Å². The van der Waals surface area contributed by atoms with Gasteiger partial charge in [0.05, 0.1) is 17.3 Å². The van der Waals surface area contributed by atoms with Crippen molar-refractivity contribution in [2.45, 2.75) is 17.5 Å². The summed E-state index contributed by atoms with van der Waals surface area (Å²) in [6.45, 7) is 0.310. The Morgan fingerprint density at radius 1 is 1.06 bits per heavy atom. The second kappa shape index (κ2) is 9.15. The predicted octanol–water partition coefficient (Wildman–Crippen LogP) is 4.00. The first-order valence-electron chi connectivity index (χ1n) is 9.17. The van der Waals surface area contributed by atoms with E-state index in [0.717, 1.165) is 6.26 Å². The normalized spacial score (nSPS) is 10.9. The summed E-state index contributed by atoms with van der Waals surface area (Å²) in [5, 5.41) is 29.0. The van der Waals surface area contributed by atoms with Crippen LogP contribution >= 0.6 is 23.4 Å². The molecular formula is C21H17ClN4O4S. The summed E-state index contributed by atoms with van der Waals surface area (Å²) in [5.41, 5.74) is 4.09. The third-order valence-corrected chi connectivity index (χ3v) is 5.66. The van der Waals surface area contributed by atoms with Gasteiger partial charge in [-0.1, -0.05) is 53.7 Å². The molecule has 158 valence electrons. The Balaban J connectivity index is 1.64. The molecule has 0 saturated carbocycles. The molecule has 0 aliphatic rings. The van der Waals surface area contributed by atoms with Crippen LogP contribution in [-0.2, 0) is 12.3 Å². The molecule has 0 fully saturated rings. The van der Waals surface area contributed by atoms with Gasteiger partial charge in [0, 0.05) is 17.2 Å². The summed E-state index contributed by atoms with van der Waals surface area (Å²) >= 11 is 7.64. The van der Waals surface area contributed by atoms with E-state index in [-0.39, 0.29) is 11.5 Å². The fraction of sp³-hybridized carbons (Fsp3) is 0.0952. The van der Waals surface area contributed by atoms with E-state index in [1.54, 1.807) is 28.9 Å². The zero-order chi connectivity index (χ0) is 21.8. The highest BCUT2D eigenvalue weighted by molar-refractivity contribution is 7.98. The van der Waals surface area contributed by atoms with Crippen LogP contribution in [0.1, 0.15) is 11.3 Å². The van der Waals surface area contributed by atoms with Crippen LogP contribution < -0.4 is 10.9 Å². The van der Waals surface area contributed by atoms with Gasteiger partial charge in [0.2, 0.25) is 10.6 Å². The van der Waals surface area contributed by atoms with Crippen molar-refractivity contribution in [3.63, 3.8) is 0 Å². The van der Waals surface area contributed by atoms with Gasteiger partial charge in [0.1, 0.15) is 17.8 Å². The number of phenols is 1. The molecule has 31 heavy (non-hydrogen) atoms. The largest absolute Gasteiger partial charge is 0.508 e. The minimum Gasteiger partial charge on any atom is -0.508 e. The number of thioether (sulfide) groups is 1. The Morgan fingerprint density at radius 2 is 1.84 bits per heavy atom. The van der Waals surface area contributed by atoms with E-state index in [2.05, 4.69) is 15.6 Å². The first-order chi connectivity index (χ1) is 15.0. The van der Waals surface area contributed by atoms with E-state index in [4.69, 9.17) is 16.0 Å². The number of para-hydroxylation sites is 1. The number of nitrogens with one attached hydrogen (secondary N) is 1. The average molecular weight is 457 g/mol. The summed E-state index contributed by atoms with van der Waals surface area (Å²) in [5.74, 6) is 0.886. The highest BCUT2D eigenvalue weighted by Crippen LogP contribution is 2.30. The molecule has 2 aromatic heterocycles. The lowest BCUT2D eigenvalue weighted by Crippen LogP contribution is -2.17. The van der Waals surface area contributed by atoms with Crippen molar-refractivity contribution in [3.05, 3.63) is 87.4 Å². The molecule has 8 nitrogen and oxygen atoms in total. The molecule has 0 saturated heterocycles. The Hall–Kier alpha value is -3.43. The number of phenolic OH excluding ortho intramolecular Hbond substituents is 1. The van der Waals surface area contributed by atoms with Gasteiger partial charge in [0.15, 0.2) is 11.6 Å². The fourth-order valence-electron chi connectivity index (χ4n) is 2.80. The van der Waals surface area contributed by atoms with Crippen LogP contribution in [0.25, 0.3) is 11.4 Å². The average Bonchev–Trinajstić information content (AvgIpc) is 3.17. The number of aromatic nitrogens is 3. The molecule has 4 aromatic rings. The number of hydrogen-bond donors (Lipinski definition) is 3. The van der Waals surface area contributed by atoms with Crippen LogP contribution in [0.15, 0.2) is 75.2 Å². The third kappa shape index (κ3) is 4.68. The van der Waals surface area contributed by atoms with E-state index in [1.807, 2.05) is 24.3 Å². The molecular weight excluding hydrogens is 440 g/mol. The summed E-state index contributed by atoms with van der Waals surface area (Å²) in [6.07, 6.45) is 1.01. The lowest BCUT2D eigenvalue weighted by Gasteiger charge is -2.14. The van der Waals surface area contributed by atoms with E-state index in [0.29, 0.717) is 39.4 Å². The highest BCUT2D eigenvalue weighted by Gasteiger charge is 2.17. The second-order valence-electron chi connectivity index (χ2n) is 6.47. The fourth-order valence-corrected chi connectivity index (χ4v) is 3.82. The van der Waals surface area contributed by atoms with Gasteiger partial charge in [-0.3, -0.25) is 4.79 Å². The van der Waals surface area contributed by atoms with E-state index < -0.39 is 11.2 Å². The van der Waals surface area contributed by atoms with Crippen molar-refractivity contribution in [1.82, 2.24) is 14.9 Å². The summed E-state index contributed by atoms with van der Waals surface area (Å²) in [7, 11) is 0. The van der Waals surface area contributed by atoms with Crippen molar-refractivity contribution in [2.75, 3.05) is 5.43 Å². The molecule has 0 aliphatic carbocycles. The van der Waals surface area contributed by atoms with Crippen LogP contribution in [0.4, 0.5) is 0 Å². The Bertz CT molecular complexity index is 1270. The molecule has 3 N–H and O–H groups in total. The Kier molecular flexibility index (Phi) is 6.15. The van der Waals surface area contributed by atoms with Gasteiger partial charge >= 0.3 is 0 Å². The number of hydrogen-bond acceptors (Lipinski definition) is 8. The molecule has 0 radical (unpaired) electrons. The maximum Gasteiger partial charge on any atom is 0.226 e. The van der Waals surface area contributed by atoms with Crippen molar-refractivity contribution in [3.8, 4) is 22.9 Å². The standard InChI is InChI=1S/C21H17ClN4O4S/c22-16-7-3-2-6-15(16)20-24-25-21(31-12-14-9-18(28)19(29)11-30-14)26(20)23-10-13-5-1-4-8-17(13)27/h1-9,11,23,27,29H,10,12H2. The maximum atomic E-state index is 11.6. The molecule has 0 bridgehead atoms. The molecule has 10 heteroatoms. The van der Waals surface area contributed by atoms with Gasteiger partial charge in [-0.25, -0.2) is 4.68 Å². The van der Waals surface area contributed by atoms with Crippen LogP contribution in [0.2, 0.25) is 5.02 Å². The number of nitrogens with zero attached hydrogens (tertiary/aromatic N) is 3. The minimum absolute atomic E-state index is 0.169. The van der Waals surface area contributed by atoms with Crippen LogP contribution in [0, 0.1) is 0 Å². The summed E-state index contributed by atoms with van der Waals surface area (Å²) in [4.78, 5) is 11.6. The number of halogens is 1. The first-order valence-corrected chi connectivity index (χ1v) is 10.5. The Morgan fingerprint density at radius 3 is 2.61 bits per heavy atom. The molecule has 4 rings (SSSR count). The number of benzene rings is 2. The van der Waals surface area contributed by atoms with Crippen LogP contribution in [0.5, 0.6) is 11.5 Å². The van der Waals surface area contributed by atoms with Crippen molar-refractivity contribution in [2.24, 2.45) is 0 Å². The van der Waals surface area contributed by atoms with Gasteiger partial charge in [-0.05, 0) is 18.2 Å². The molecule has 0 aliphatic heterocycles. The van der Waals surface area contributed by atoms with Gasteiger partial charge in [-0.15, -0.1) is 10.2 Å². The lowest BCUT2D eigenvalue weighted by atomic mass is 10.2. The van der Waals surface area contributed by atoms with Gasteiger partial charge in [-0.2, -0.15) is 0 Å².